The van der Waals surface area contributed by atoms with Gasteiger partial charge in [0.1, 0.15) is 0 Å². The summed E-state index contributed by atoms with van der Waals surface area (Å²) in [5.74, 6) is 0.570. The molecular weight excluding hydrogens is 270 g/mol. The van der Waals surface area contributed by atoms with Gasteiger partial charge in [0.25, 0.3) is 0 Å². The number of nitrogens with zero attached hydrogens (tertiary/aromatic N) is 1. The van der Waals surface area contributed by atoms with Crippen LogP contribution in [0.2, 0.25) is 0 Å². The van der Waals surface area contributed by atoms with Crippen LogP contribution in [-0.2, 0) is 6.42 Å². The van der Waals surface area contributed by atoms with Crippen molar-refractivity contribution in [2.45, 2.75) is 59.8 Å². The molecule has 0 spiro atoms. The van der Waals surface area contributed by atoms with E-state index in [9.17, 15) is 4.79 Å². The summed E-state index contributed by atoms with van der Waals surface area (Å²) in [6.07, 6.45) is 9.17. The van der Waals surface area contributed by atoms with Crippen LogP contribution in [0.3, 0.4) is 0 Å². The van der Waals surface area contributed by atoms with E-state index in [2.05, 4.69) is 32.1 Å². The molecule has 2 rings (SSSR count). The Morgan fingerprint density at radius 3 is 2.77 bits per heavy atom. The van der Waals surface area contributed by atoms with E-state index in [1.807, 2.05) is 32.9 Å². The highest BCUT2D eigenvalue weighted by Gasteiger charge is 2.38. The van der Waals surface area contributed by atoms with E-state index < -0.39 is 0 Å². The predicted molar refractivity (Wildman–Crippen MR) is 92.3 cm³/mol. The first-order valence-electron chi connectivity index (χ1n) is 8.25. The fraction of sp³-hybridized carbons (Fsp3) is 0.500. The van der Waals surface area contributed by atoms with Gasteiger partial charge in [-0.2, -0.15) is 0 Å². The highest BCUT2D eigenvalue weighted by atomic mass is 16.1. The van der Waals surface area contributed by atoms with Gasteiger partial charge >= 0.3 is 0 Å². The third kappa shape index (κ3) is 3.37. The molecule has 0 saturated carbocycles. The average molecular weight is 297 g/mol. The molecule has 0 aromatic carbocycles. The molecule has 2 heteroatoms. The molecule has 118 valence electrons. The minimum atomic E-state index is -0.270. The van der Waals surface area contributed by atoms with E-state index in [0.29, 0.717) is 5.92 Å². The minimum Gasteiger partial charge on any atom is -0.294 e. The van der Waals surface area contributed by atoms with Crippen molar-refractivity contribution in [3.05, 3.63) is 52.9 Å². The van der Waals surface area contributed by atoms with Crippen molar-refractivity contribution < 1.29 is 4.79 Å². The Balaban J connectivity index is 2.35. The predicted octanol–water partition coefficient (Wildman–Crippen LogP) is 5.25. The maximum Gasteiger partial charge on any atom is 0.170 e. The molecule has 1 aliphatic rings. The lowest BCUT2D eigenvalue weighted by molar-refractivity contribution is 0.0795. The first-order chi connectivity index (χ1) is 10.4. The van der Waals surface area contributed by atoms with Crippen molar-refractivity contribution in [2.24, 2.45) is 5.41 Å². The van der Waals surface area contributed by atoms with Gasteiger partial charge in [-0.15, -0.1) is 0 Å². The van der Waals surface area contributed by atoms with Crippen LogP contribution in [0.5, 0.6) is 0 Å². The number of rotatable bonds is 4. The van der Waals surface area contributed by atoms with Gasteiger partial charge < -0.3 is 0 Å². The zero-order valence-electron chi connectivity index (χ0n) is 14.4. The lowest BCUT2D eigenvalue weighted by Gasteiger charge is -2.33. The highest BCUT2D eigenvalue weighted by molar-refractivity contribution is 6.02. The zero-order valence-corrected chi connectivity index (χ0v) is 14.4. The molecular formula is C20H27NO. The highest BCUT2D eigenvalue weighted by Crippen LogP contribution is 2.40. The maximum absolute atomic E-state index is 12.6. The molecule has 0 radical (unpaired) electrons. The number of aromatic nitrogens is 1. The van der Waals surface area contributed by atoms with E-state index in [1.54, 1.807) is 0 Å². The quantitative estimate of drug-likeness (QED) is 0.710. The molecule has 0 saturated heterocycles. The van der Waals surface area contributed by atoms with Crippen LogP contribution in [0.1, 0.15) is 75.1 Å². The Hall–Kier alpha value is -1.70. The molecule has 0 amide bonds. The van der Waals surface area contributed by atoms with E-state index in [0.717, 1.165) is 36.2 Å². The molecule has 1 aromatic rings. The van der Waals surface area contributed by atoms with Crippen LogP contribution < -0.4 is 0 Å². The minimum absolute atomic E-state index is 0.234. The van der Waals surface area contributed by atoms with Crippen LogP contribution in [0.15, 0.2) is 35.9 Å². The topological polar surface area (TPSA) is 30.0 Å². The Morgan fingerprint density at radius 1 is 1.41 bits per heavy atom. The number of fused-ring (bicyclic) bond motifs is 1. The van der Waals surface area contributed by atoms with Crippen LogP contribution >= 0.6 is 0 Å². The third-order valence-electron chi connectivity index (χ3n) is 4.36. The van der Waals surface area contributed by atoms with E-state index >= 15 is 0 Å². The first-order valence-corrected chi connectivity index (χ1v) is 8.25. The van der Waals surface area contributed by atoms with Crippen molar-refractivity contribution >= 4 is 5.78 Å². The van der Waals surface area contributed by atoms with Crippen LogP contribution in [-0.4, -0.2) is 10.8 Å². The Bertz CT molecular complexity index is 623. The average Bonchev–Trinajstić information content (AvgIpc) is 2.45. The second kappa shape index (κ2) is 6.60. The molecule has 0 bridgehead atoms. The molecule has 0 aliphatic heterocycles. The molecule has 0 N–H and O–H groups in total. The summed E-state index contributed by atoms with van der Waals surface area (Å²) in [4.78, 5) is 17.4. The summed E-state index contributed by atoms with van der Waals surface area (Å²) in [6.45, 7) is 10.4. The van der Waals surface area contributed by atoms with Gasteiger partial charge in [-0.25, -0.2) is 0 Å². The van der Waals surface area contributed by atoms with Gasteiger partial charge in [-0.3, -0.25) is 9.78 Å². The normalized spacial score (nSPS) is 21.2. The lowest BCUT2D eigenvalue weighted by Crippen LogP contribution is -2.32. The number of carbonyl (C=O) groups excluding carboxylic acids is 1. The van der Waals surface area contributed by atoms with Crippen LogP contribution in [0, 0.1) is 5.41 Å². The van der Waals surface area contributed by atoms with Crippen LogP contribution in [0.4, 0.5) is 0 Å². The molecule has 1 aromatic heterocycles. The Kier molecular flexibility index (Phi) is 5.00. The third-order valence-corrected chi connectivity index (χ3v) is 4.36. The van der Waals surface area contributed by atoms with Crippen molar-refractivity contribution in [3.63, 3.8) is 0 Å². The maximum atomic E-state index is 12.6. The number of ketones is 1. The van der Waals surface area contributed by atoms with Crippen molar-refractivity contribution in [1.82, 2.24) is 4.98 Å². The molecule has 2 nitrogen and oxygen atoms in total. The summed E-state index contributed by atoms with van der Waals surface area (Å²) in [7, 11) is 0. The Morgan fingerprint density at radius 2 is 2.14 bits per heavy atom. The van der Waals surface area contributed by atoms with Gasteiger partial charge in [0.2, 0.25) is 0 Å². The van der Waals surface area contributed by atoms with Gasteiger partial charge in [0, 0.05) is 29.0 Å². The molecule has 0 fully saturated rings. The largest absolute Gasteiger partial charge is 0.294 e. The summed E-state index contributed by atoms with van der Waals surface area (Å²) in [5, 5.41) is 0. The molecule has 1 atom stereocenters. The number of allylic oxidation sites excluding steroid dienone is 4. The van der Waals surface area contributed by atoms with Crippen molar-refractivity contribution in [1.29, 1.82) is 0 Å². The van der Waals surface area contributed by atoms with Crippen LogP contribution in [0.25, 0.3) is 0 Å². The smallest absolute Gasteiger partial charge is 0.170 e. The summed E-state index contributed by atoms with van der Waals surface area (Å²) in [5.41, 5.74) is 3.87. The monoisotopic (exact) mass is 297 g/mol. The van der Waals surface area contributed by atoms with E-state index in [-0.39, 0.29) is 11.2 Å². The summed E-state index contributed by atoms with van der Waals surface area (Å²) < 4.78 is 0. The van der Waals surface area contributed by atoms with Gasteiger partial charge in [-0.1, -0.05) is 45.9 Å². The van der Waals surface area contributed by atoms with E-state index in [4.69, 9.17) is 4.98 Å². The molecule has 1 unspecified atom stereocenters. The number of Topliss-reactive ketones (excluding diaryl/α,β-unsaturated/α-hetero) is 1. The Labute approximate surface area is 134 Å². The molecule has 1 aliphatic carbocycles. The molecule has 22 heavy (non-hydrogen) atoms. The summed E-state index contributed by atoms with van der Waals surface area (Å²) >= 11 is 0. The molecule has 1 heterocycles. The number of hydrogen-bond acceptors (Lipinski definition) is 2. The van der Waals surface area contributed by atoms with Crippen molar-refractivity contribution in [2.75, 3.05) is 0 Å². The second-order valence-corrected chi connectivity index (χ2v) is 6.92. The number of hydrogen-bond donors (Lipinski definition) is 0. The number of carbonyl (C=O) groups is 1. The summed E-state index contributed by atoms with van der Waals surface area (Å²) in [6, 6.07) is 3.99. The first kappa shape index (κ1) is 16.7. The fourth-order valence-electron chi connectivity index (χ4n) is 3.39. The van der Waals surface area contributed by atoms with Gasteiger partial charge in [-0.05, 0) is 37.5 Å². The fourth-order valence-corrected chi connectivity index (χ4v) is 3.39. The zero-order chi connectivity index (χ0) is 16.3. The second-order valence-electron chi connectivity index (χ2n) is 6.92. The van der Waals surface area contributed by atoms with Gasteiger partial charge in [0.05, 0.1) is 5.69 Å². The standard InChI is InChI=1S/C20H27NO/c1-6-8-15(9-7-2)12-16-10-11-17-18(21-16)14(3)13-20(4,5)19(17)22/h6,8-11,14H,7,12-13H2,1-5H3/b8-6-,15-9+. The SMILES string of the molecule is C/C=C\C(=C/CC)Cc1ccc2c(n1)C(C)CC(C)(C)C2=O. The number of pyridine rings is 1. The lowest BCUT2D eigenvalue weighted by atomic mass is 9.70. The van der Waals surface area contributed by atoms with E-state index in [1.165, 1.54) is 5.57 Å². The van der Waals surface area contributed by atoms with Crippen molar-refractivity contribution in [3.8, 4) is 0 Å². The van der Waals surface area contributed by atoms with Gasteiger partial charge in [0.15, 0.2) is 5.78 Å².